The van der Waals surface area contributed by atoms with Gasteiger partial charge in [0.15, 0.2) is 5.96 Å². The third-order valence-electron chi connectivity index (χ3n) is 19.5. The number of thioether (sulfide) groups is 1. The van der Waals surface area contributed by atoms with Gasteiger partial charge in [0, 0.05) is 85.9 Å². The number of rotatable bonds is 46. The van der Waals surface area contributed by atoms with Gasteiger partial charge in [0.25, 0.3) is 0 Å². The second-order valence-corrected chi connectivity index (χ2v) is 29.6. The second-order valence-electron chi connectivity index (χ2n) is 28.6. The summed E-state index contributed by atoms with van der Waals surface area (Å²) in [7, 11) is 0. The molecule has 14 amide bonds. The third-order valence-corrected chi connectivity index (χ3v) is 20.2. The highest BCUT2D eigenvalue weighted by Gasteiger charge is 2.43. The van der Waals surface area contributed by atoms with Crippen LogP contribution >= 0.6 is 11.8 Å². The number of fused-ring (bicyclic) bond motifs is 2. The SMILES string of the molecule is CSCC[C@H](NC(=O)[C@H](CC(C)C)NC(=O)[C@@H](Cc1c[nH]c2ccccc12)NC(=O)[C@H](Cc1ccccc1)NC(=O)[C@@H](Cc1c[nH]c2ccccc12)NC(=O)[C@H](CCC(N)=O)NC(=O)[C@H](CCC(N)=O)NC(=O)[C@@H]1CCCN1C(=O)[C@H](CCCCN)NC(=O)[C@H]1CCCN1C(=O)[C@@H](N)CCCN=C(N)N)C(=O)NCC(N)=O. The molecule has 2 aliphatic heterocycles. The van der Waals surface area contributed by atoms with Crippen molar-refractivity contribution in [3.05, 3.63) is 108 Å². The van der Waals surface area contributed by atoms with E-state index in [4.69, 9.17) is 40.1 Å². The number of primary amides is 3. The number of unbranched alkanes of at least 4 members (excludes halogenated alkanes) is 1. The number of hydrogen-bond acceptors (Lipinski definition) is 18. The predicted octanol–water partition coefficient (Wildman–Crippen LogP) is -2.02. The minimum absolute atomic E-state index is 0.0541. The number of H-pyrrole nitrogens is 2. The number of aliphatic imine (C=N–C) groups is 1. The number of benzene rings is 3. The summed E-state index contributed by atoms with van der Waals surface area (Å²) < 4.78 is 0. The number of carbonyl (C=O) groups excluding carboxylic acids is 14. The van der Waals surface area contributed by atoms with Crippen molar-refractivity contribution < 1.29 is 67.1 Å². The van der Waals surface area contributed by atoms with Crippen molar-refractivity contribution >= 4 is 122 Å². The monoisotopic (exact) mass is 1570 g/mol. The van der Waals surface area contributed by atoms with E-state index < -0.39 is 181 Å². The Labute approximate surface area is 653 Å². The molecule has 25 N–H and O–H groups in total. The number of nitrogens with one attached hydrogen (secondary N) is 11. The quantitative estimate of drug-likeness (QED) is 0.0114. The number of hydrogen-bond donors (Lipinski definition) is 18. The second kappa shape index (κ2) is 44.0. The highest BCUT2D eigenvalue weighted by atomic mass is 32.2. The molecule has 0 bridgehead atoms. The van der Waals surface area contributed by atoms with E-state index in [1.165, 1.54) is 21.6 Å². The summed E-state index contributed by atoms with van der Waals surface area (Å²) in [6, 6.07) is 8.23. The average Bonchev–Trinajstić information content (AvgIpc) is 1.64. The van der Waals surface area contributed by atoms with Crippen LogP contribution in [-0.2, 0) is 86.4 Å². The summed E-state index contributed by atoms with van der Waals surface area (Å²) >= 11 is 1.41. The number of para-hydroxylation sites is 2. The van der Waals surface area contributed by atoms with Gasteiger partial charge in [-0.3, -0.25) is 72.1 Å². The summed E-state index contributed by atoms with van der Waals surface area (Å²) in [4.78, 5) is 210. The maximum atomic E-state index is 15.5. The zero-order valence-electron chi connectivity index (χ0n) is 63.6. The number of amides is 14. The molecule has 7 rings (SSSR count). The van der Waals surface area contributed by atoms with Crippen LogP contribution in [0.15, 0.2) is 96.2 Å². The van der Waals surface area contributed by atoms with Gasteiger partial charge in [-0.25, -0.2) is 0 Å². The van der Waals surface area contributed by atoms with Crippen LogP contribution in [0.1, 0.15) is 127 Å². The Morgan fingerprint density at radius 2 is 0.938 bits per heavy atom. The van der Waals surface area contributed by atoms with Crippen molar-refractivity contribution in [3.8, 4) is 0 Å². The summed E-state index contributed by atoms with van der Waals surface area (Å²) in [6.45, 7) is 3.97. The van der Waals surface area contributed by atoms with E-state index in [9.17, 15) is 47.9 Å². The van der Waals surface area contributed by atoms with Gasteiger partial charge in [0.2, 0.25) is 82.7 Å². The first kappa shape index (κ1) is 88.1. The number of aromatic amines is 2. The number of nitrogens with two attached hydrogens (primary N) is 7. The van der Waals surface area contributed by atoms with Crippen molar-refractivity contribution in [1.29, 1.82) is 0 Å². The van der Waals surface area contributed by atoms with Crippen LogP contribution in [0, 0.1) is 5.92 Å². The third kappa shape index (κ3) is 26.8. The molecule has 3 aromatic carbocycles. The van der Waals surface area contributed by atoms with Crippen molar-refractivity contribution in [3.63, 3.8) is 0 Å². The molecular formula is C76H109N21O14S. The van der Waals surface area contributed by atoms with Crippen LogP contribution < -0.4 is 88.0 Å². The molecule has 11 atom stereocenters. The molecule has 0 saturated carbocycles. The Bertz CT molecular complexity index is 4130. The van der Waals surface area contributed by atoms with Gasteiger partial charge in [-0.05, 0) is 137 Å². The van der Waals surface area contributed by atoms with Gasteiger partial charge in [-0.1, -0.05) is 80.6 Å². The van der Waals surface area contributed by atoms with Crippen molar-refractivity contribution in [2.75, 3.05) is 44.7 Å². The lowest BCUT2D eigenvalue weighted by atomic mass is 9.99. The van der Waals surface area contributed by atoms with Gasteiger partial charge in [-0.15, -0.1) is 0 Å². The fraction of sp³-hybridized carbons (Fsp3) is 0.513. The summed E-state index contributed by atoms with van der Waals surface area (Å²) in [5, 5.41) is 25.9. The van der Waals surface area contributed by atoms with Gasteiger partial charge >= 0.3 is 0 Å². The summed E-state index contributed by atoms with van der Waals surface area (Å²) in [6.07, 6.45) is 5.62. The number of carbonyl (C=O) groups is 14. The normalized spacial score (nSPS) is 16.4. The Morgan fingerprint density at radius 1 is 0.491 bits per heavy atom. The number of guanidine groups is 1. The maximum Gasteiger partial charge on any atom is 0.245 e. The first-order valence-corrected chi connectivity index (χ1v) is 39.3. The molecule has 608 valence electrons. The molecule has 0 aliphatic carbocycles. The minimum Gasteiger partial charge on any atom is -0.370 e. The molecule has 0 radical (unpaired) electrons. The molecule has 0 unspecified atom stereocenters. The van der Waals surface area contributed by atoms with Crippen LogP contribution in [0.4, 0.5) is 0 Å². The lowest BCUT2D eigenvalue weighted by molar-refractivity contribution is -0.144. The summed E-state index contributed by atoms with van der Waals surface area (Å²) in [5.41, 5.74) is 42.6. The van der Waals surface area contributed by atoms with Gasteiger partial charge in [-0.2, -0.15) is 11.8 Å². The smallest absolute Gasteiger partial charge is 0.245 e. The van der Waals surface area contributed by atoms with Crippen LogP contribution in [-0.4, -0.2) is 220 Å². The average molecular weight is 1570 g/mol. The standard InChI is InChI=1S/C76H109N21O14S/c1-43(2)36-56(68(104)89-54(30-35-112-3)65(101)87-42-64(81)100)92-70(106)59(39-46-41-86-51-22-10-8-19-48(46)51)95-69(105)57(37-44-16-5-4-6-17-44)93-71(107)58(38-45-40-85-50-21-9-7-18-47(45)50)94-67(103)52(26-28-62(79)98)88-66(102)53(27-29-63(80)99)90-72(108)61-25-15-34-97(61)75(111)55(23-11-12-31-77)91-73(109)60-24-14-33-96(60)74(110)49(78)20-13-32-84-76(82)83/h4-10,16-19,21-22,40-41,43,49,52-61,85-86H,11-15,20,23-39,42,77-78H2,1-3H3,(H2,79,98)(H2,80,99)(H2,81,100)(H,87,101)(H,88,102)(H,89,104)(H,90,108)(H,91,109)(H,92,106)(H,93,107)(H,94,103)(H,95,105)(H4,82,83,84)/t49-,52-,53-,54-,55-,56-,57-,58+,59+,60+,61-/m0/s1. The van der Waals surface area contributed by atoms with E-state index >= 15 is 19.2 Å². The lowest BCUT2D eigenvalue weighted by Gasteiger charge is -2.32. The molecule has 35 nitrogen and oxygen atoms in total. The number of aromatic nitrogens is 2. The fourth-order valence-corrected chi connectivity index (χ4v) is 14.2. The van der Waals surface area contributed by atoms with E-state index in [1.807, 2.05) is 38.3 Å². The zero-order valence-corrected chi connectivity index (χ0v) is 64.4. The predicted molar refractivity (Wildman–Crippen MR) is 421 cm³/mol. The maximum absolute atomic E-state index is 15.5. The summed E-state index contributed by atoms with van der Waals surface area (Å²) in [5.74, 6) is -11.1. The number of nitrogens with zero attached hydrogens (tertiary/aromatic N) is 3. The minimum atomic E-state index is -1.71. The van der Waals surface area contributed by atoms with Gasteiger partial charge in [0.05, 0.1) is 12.6 Å². The molecule has 36 heteroatoms. The first-order valence-electron chi connectivity index (χ1n) is 37.9. The van der Waals surface area contributed by atoms with Gasteiger partial charge < -0.3 is 108 Å². The van der Waals surface area contributed by atoms with Crippen molar-refractivity contribution in [1.82, 2.24) is 67.6 Å². The Balaban J connectivity index is 1.15. The van der Waals surface area contributed by atoms with Crippen LogP contribution in [0.2, 0.25) is 0 Å². The molecule has 112 heavy (non-hydrogen) atoms. The fourth-order valence-electron chi connectivity index (χ4n) is 13.7. The van der Waals surface area contributed by atoms with Crippen molar-refractivity contribution in [2.45, 2.75) is 196 Å². The highest BCUT2D eigenvalue weighted by molar-refractivity contribution is 7.98. The van der Waals surface area contributed by atoms with Crippen molar-refractivity contribution in [2.24, 2.45) is 51.0 Å². The molecular weight excluding hydrogens is 1460 g/mol. The number of likely N-dealkylation sites (tertiary alicyclic amines) is 2. The molecule has 2 aliphatic rings. The first-order chi connectivity index (χ1) is 53.5. The zero-order chi connectivity index (χ0) is 81.6. The Kier molecular flexibility index (Phi) is 34.6. The topological polar surface area (TPSA) is 580 Å². The largest absolute Gasteiger partial charge is 0.370 e. The van der Waals surface area contributed by atoms with E-state index in [0.717, 1.165) is 0 Å². The lowest BCUT2D eigenvalue weighted by Crippen LogP contribution is -2.61. The van der Waals surface area contributed by atoms with Crippen LogP contribution in [0.5, 0.6) is 0 Å². The molecule has 2 saturated heterocycles. The van der Waals surface area contributed by atoms with Gasteiger partial charge in [0.1, 0.15) is 60.4 Å². The molecule has 0 spiro atoms. The van der Waals surface area contributed by atoms with E-state index in [-0.39, 0.29) is 95.8 Å². The van der Waals surface area contributed by atoms with Crippen LogP contribution in [0.25, 0.3) is 21.8 Å². The van der Waals surface area contributed by atoms with E-state index in [0.29, 0.717) is 76.4 Å². The highest BCUT2D eigenvalue weighted by Crippen LogP contribution is 2.26. The molecule has 4 heterocycles. The van der Waals surface area contributed by atoms with E-state index in [2.05, 4.69) is 62.8 Å². The molecule has 2 fully saturated rings. The Hall–Kier alpha value is -11.1. The Morgan fingerprint density at radius 3 is 1.43 bits per heavy atom. The molecule has 2 aromatic heterocycles. The van der Waals surface area contributed by atoms with Crippen LogP contribution in [0.3, 0.4) is 0 Å². The molecule has 5 aromatic rings. The van der Waals surface area contributed by atoms with E-state index in [1.54, 1.807) is 73.1 Å².